The lowest BCUT2D eigenvalue weighted by Crippen LogP contribution is -2.32. The van der Waals surface area contributed by atoms with E-state index >= 15 is 0 Å². The fraction of sp³-hybridized carbons (Fsp3) is 1.00. The van der Waals surface area contributed by atoms with Gasteiger partial charge in [-0.2, -0.15) is 0 Å². The van der Waals surface area contributed by atoms with Gasteiger partial charge in [0.15, 0.2) is 6.29 Å². The van der Waals surface area contributed by atoms with E-state index in [0.29, 0.717) is 30.6 Å². The second-order valence-electron chi connectivity index (χ2n) is 15.9. The van der Waals surface area contributed by atoms with E-state index in [1.807, 2.05) is 20.8 Å². The Morgan fingerprint density at radius 1 is 0.391 bits per heavy atom. The summed E-state index contributed by atoms with van der Waals surface area (Å²) in [6, 6.07) is 0. The third-order valence-corrected chi connectivity index (χ3v) is 10.6. The van der Waals surface area contributed by atoms with Gasteiger partial charge in [0.05, 0.1) is 13.2 Å². The predicted octanol–water partition coefficient (Wildman–Crippen LogP) is 9.96. The molecule has 5 rings (SSSR count). The van der Waals surface area contributed by atoms with Crippen molar-refractivity contribution in [2.45, 2.75) is 178 Å². The monoisotopic (exact) mass is 675 g/mol. The van der Waals surface area contributed by atoms with Crippen LogP contribution < -0.4 is 0 Å². The maximum atomic E-state index is 12.8. The molecule has 6 N–H and O–H groups in total. The Morgan fingerprint density at radius 3 is 0.978 bits per heavy atom. The lowest BCUT2D eigenvalue weighted by atomic mass is 9.81. The molecule has 1 heterocycles. The summed E-state index contributed by atoms with van der Waals surface area (Å²) in [6.45, 7) is 22.9. The van der Waals surface area contributed by atoms with Gasteiger partial charge in [-0.25, -0.2) is 13.2 Å². The van der Waals surface area contributed by atoms with Crippen molar-refractivity contribution in [1.82, 2.24) is 0 Å². The molecule has 0 aromatic rings. The maximum absolute atomic E-state index is 12.8. The van der Waals surface area contributed by atoms with E-state index in [-0.39, 0.29) is 36.0 Å². The highest BCUT2D eigenvalue weighted by Crippen LogP contribution is 2.33. The number of ether oxygens (including phenoxy) is 2. The molecular formula is C38H81F3O5. The second kappa shape index (κ2) is 27.4. The first-order valence-electron chi connectivity index (χ1n) is 18.3. The van der Waals surface area contributed by atoms with E-state index < -0.39 is 18.5 Å². The second-order valence-corrected chi connectivity index (χ2v) is 15.9. The van der Waals surface area contributed by atoms with E-state index in [4.69, 9.17) is 9.47 Å². The van der Waals surface area contributed by atoms with Crippen LogP contribution in [0, 0.1) is 53.3 Å². The average Bonchev–Trinajstić information content (AvgIpc) is 2.96. The summed E-state index contributed by atoms with van der Waals surface area (Å²) < 4.78 is 48.8. The highest BCUT2D eigenvalue weighted by Gasteiger charge is 2.33. The smallest absolute Gasteiger partial charge is 0.154 e. The first-order chi connectivity index (χ1) is 20.2. The van der Waals surface area contributed by atoms with Gasteiger partial charge in [0.25, 0.3) is 0 Å². The average molecular weight is 675 g/mol. The van der Waals surface area contributed by atoms with Crippen LogP contribution in [0.15, 0.2) is 0 Å². The fourth-order valence-electron chi connectivity index (χ4n) is 6.53. The minimum atomic E-state index is -0.918. The predicted molar refractivity (Wildman–Crippen MR) is 192 cm³/mol. The molecule has 46 heavy (non-hydrogen) atoms. The van der Waals surface area contributed by atoms with E-state index in [2.05, 4.69) is 41.5 Å². The molecule has 5 fully saturated rings. The number of rotatable bonds is 0. The van der Waals surface area contributed by atoms with E-state index in [0.717, 1.165) is 49.7 Å². The van der Waals surface area contributed by atoms with Gasteiger partial charge >= 0.3 is 0 Å². The Hall–Kier alpha value is -0.410. The van der Waals surface area contributed by atoms with Crippen molar-refractivity contribution < 1.29 is 40.5 Å². The van der Waals surface area contributed by atoms with Crippen LogP contribution in [0.2, 0.25) is 0 Å². The molecule has 4 saturated carbocycles. The SMILES string of the molecule is CC1CC(F)C(C)C(F)C1.CC1CCC(C)C(F)C1.CC1CCC(C)CC1.CC1CCC(C)CC1.CC1COC(C)OC1.O.O.O.[HH]. The molecule has 0 bridgehead atoms. The number of hydrogen-bond donors (Lipinski definition) is 0. The normalized spacial score (nSPS) is 40.2. The summed E-state index contributed by atoms with van der Waals surface area (Å²) >= 11 is 0. The Morgan fingerprint density at radius 2 is 0.696 bits per heavy atom. The van der Waals surface area contributed by atoms with E-state index in [1.54, 1.807) is 6.92 Å². The molecule has 5 atom stereocenters. The number of halogens is 3. The zero-order valence-corrected chi connectivity index (χ0v) is 31.6. The molecule has 0 spiro atoms. The Bertz CT molecular complexity index is 582. The van der Waals surface area contributed by atoms with Gasteiger partial charge in [-0.1, -0.05) is 120 Å². The topological polar surface area (TPSA) is 113 Å². The van der Waals surface area contributed by atoms with Crippen molar-refractivity contribution in [1.29, 1.82) is 0 Å². The van der Waals surface area contributed by atoms with Crippen LogP contribution in [0.25, 0.3) is 0 Å². The lowest BCUT2D eigenvalue weighted by Gasteiger charge is -2.30. The molecule has 1 saturated heterocycles. The Balaban J connectivity index is -0.000000241. The van der Waals surface area contributed by atoms with Gasteiger partial charge in [-0.3, -0.25) is 0 Å². The van der Waals surface area contributed by atoms with E-state index in [1.165, 1.54) is 57.8 Å². The summed E-state index contributed by atoms with van der Waals surface area (Å²) in [4.78, 5) is 0. The highest BCUT2D eigenvalue weighted by atomic mass is 19.1. The van der Waals surface area contributed by atoms with Gasteiger partial charge < -0.3 is 25.9 Å². The molecule has 0 radical (unpaired) electrons. The largest absolute Gasteiger partial charge is 0.412 e. The number of alkyl halides is 3. The van der Waals surface area contributed by atoms with Crippen molar-refractivity contribution in [2.75, 3.05) is 13.2 Å². The van der Waals surface area contributed by atoms with Crippen molar-refractivity contribution in [3.05, 3.63) is 0 Å². The summed E-state index contributed by atoms with van der Waals surface area (Å²) in [5.74, 6) is 5.44. The van der Waals surface area contributed by atoms with Crippen molar-refractivity contribution in [3.63, 3.8) is 0 Å². The van der Waals surface area contributed by atoms with Crippen LogP contribution in [0.1, 0.15) is 154 Å². The standard InChI is InChI=1S/C8H14F2.C8H15F.2C8H16.C6H12O2.3H2O.H2/c1-5-3-7(9)6(2)8(10)4-5;1-6-3-4-7(2)8(9)5-6;2*1-7-3-5-8(2)6-4-7;1-5-3-7-6(2)8-4-5;;;;/h5-8H,3-4H2,1-2H3;6-8H,3-5H2,1-2H3;2*7-8H,3-6H2,1-2H3;5-6H,3-4H2,1-2H3;3*1H2;1H. The van der Waals surface area contributed by atoms with Gasteiger partial charge in [-0.15, -0.1) is 0 Å². The molecule has 284 valence electrons. The maximum Gasteiger partial charge on any atom is 0.154 e. The molecule has 1 aliphatic heterocycles. The number of hydrogen-bond acceptors (Lipinski definition) is 2. The van der Waals surface area contributed by atoms with Crippen LogP contribution in [0.3, 0.4) is 0 Å². The summed E-state index contributed by atoms with van der Waals surface area (Å²) in [5, 5.41) is 0. The zero-order valence-electron chi connectivity index (χ0n) is 31.6. The third kappa shape index (κ3) is 23.0. The van der Waals surface area contributed by atoms with Crippen LogP contribution in [-0.4, -0.2) is 54.4 Å². The van der Waals surface area contributed by atoms with Gasteiger partial charge in [0.2, 0.25) is 0 Å². The quantitative estimate of drug-likeness (QED) is 0.255. The highest BCUT2D eigenvalue weighted by molar-refractivity contribution is 4.82. The molecule has 5 nitrogen and oxygen atoms in total. The van der Waals surface area contributed by atoms with Crippen LogP contribution in [0.5, 0.6) is 0 Å². The summed E-state index contributed by atoms with van der Waals surface area (Å²) in [7, 11) is 0. The Labute approximate surface area is 284 Å². The molecule has 5 unspecified atom stereocenters. The fourth-order valence-corrected chi connectivity index (χ4v) is 6.53. The molecule has 0 aromatic heterocycles. The first-order valence-corrected chi connectivity index (χ1v) is 18.3. The lowest BCUT2D eigenvalue weighted by molar-refractivity contribution is -0.187. The molecular weight excluding hydrogens is 593 g/mol. The van der Waals surface area contributed by atoms with Gasteiger partial charge in [-0.05, 0) is 74.0 Å². The molecule has 4 aliphatic carbocycles. The minimum absolute atomic E-state index is 0. The van der Waals surface area contributed by atoms with Crippen LogP contribution in [-0.2, 0) is 9.47 Å². The van der Waals surface area contributed by atoms with Gasteiger partial charge in [0, 0.05) is 13.3 Å². The van der Waals surface area contributed by atoms with Gasteiger partial charge in [0.1, 0.15) is 18.5 Å². The molecule has 0 aromatic carbocycles. The Kier molecular flexibility index (Phi) is 29.8. The molecule has 5 aliphatic rings. The summed E-state index contributed by atoms with van der Waals surface area (Å²) in [5.41, 5.74) is 0. The van der Waals surface area contributed by atoms with Crippen LogP contribution in [0.4, 0.5) is 13.2 Å². The van der Waals surface area contributed by atoms with Crippen molar-refractivity contribution >= 4 is 0 Å². The molecule has 0 amide bonds. The van der Waals surface area contributed by atoms with Crippen molar-refractivity contribution in [3.8, 4) is 0 Å². The summed E-state index contributed by atoms with van der Waals surface area (Å²) in [6.07, 6.45) is 13.6. The zero-order chi connectivity index (χ0) is 32.5. The minimum Gasteiger partial charge on any atom is -0.412 e. The first kappa shape index (κ1) is 50.0. The van der Waals surface area contributed by atoms with Crippen LogP contribution >= 0.6 is 0 Å². The molecule has 8 heteroatoms. The third-order valence-electron chi connectivity index (χ3n) is 10.6. The van der Waals surface area contributed by atoms with E-state index in [9.17, 15) is 13.2 Å². The van der Waals surface area contributed by atoms with Crippen molar-refractivity contribution in [2.24, 2.45) is 53.3 Å².